The van der Waals surface area contributed by atoms with Crippen LogP contribution in [-0.2, 0) is 11.0 Å². The van der Waals surface area contributed by atoms with E-state index >= 15 is 4.39 Å². The first-order chi connectivity index (χ1) is 16.5. The van der Waals surface area contributed by atoms with Gasteiger partial charge in [0.1, 0.15) is 0 Å². The summed E-state index contributed by atoms with van der Waals surface area (Å²) in [5, 5.41) is 15.8. The first-order valence-electron chi connectivity index (χ1n) is 11.1. The Morgan fingerprint density at radius 2 is 2.06 bits per heavy atom. The number of fused-ring (bicyclic) bond motifs is 1. The van der Waals surface area contributed by atoms with E-state index in [0.717, 1.165) is 18.4 Å². The molecule has 0 saturated heterocycles. The van der Waals surface area contributed by atoms with Crippen LogP contribution in [0.4, 0.5) is 13.2 Å². The second-order valence-electron chi connectivity index (χ2n) is 9.07. The molecule has 0 amide bonds. The average Bonchev–Trinajstić information content (AvgIpc) is 3.41. The Hall–Kier alpha value is -1.50. The van der Waals surface area contributed by atoms with Gasteiger partial charge in [-0.1, -0.05) is 0 Å². The zero-order valence-corrected chi connectivity index (χ0v) is 22.9. The number of nitrogens with one attached hydrogen (secondary N) is 3. The fraction of sp³-hybridized carbons (Fsp3) is 0.500. The molecule has 35 heavy (non-hydrogen) atoms. The molecule has 1 aliphatic carbocycles. The standard InChI is InChI=1S/C22H27F3N6OS2Se/c1-12(2)34(32)30-8-4-13(5-9-30)16-14-10-28-21(20(27)35-19(26)18(24)25)31(14)11-15(17(16)23)33-29-22(3)6-7-22/h4,10-12,18,26-27,29H,5-9H2,1-3H3. The molecular weight excluding hydrogens is 564 g/mol. The molecule has 3 heterocycles. The van der Waals surface area contributed by atoms with Crippen LogP contribution in [0.1, 0.15) is 51.4 Å². The monoisotopic (exact) mass is 592 g/mol. The van der Waals surface area contributed by atoms with E-state index in [-0.39, 0.29) is 21.2 Å². The Kier molecular flexibility index (Phi) is 7.94. The first-order valence-corrected chi connectivity index (χ1v) is 14.8. The molecule has 0 radical (unpaired) electrons. The molecule has 0 bridgehead atoms. The Bertz CT molecular complexity index is 1230. The van der Waals surface area contributed by atoms with E-state index in [1.54, 1.807) is 10.6 Å². The fourth-order valence-corrected chi connectivity index (χ4v) is 6.79. The van der Waals surface area contributed by atoms with Crippen molar-refractivity contribution in [3.8, 4) is 0 Å². The van der Waals surface area contributed by atoms with E-state index < -0.39 is 42.8 Å². The van der Waals surface area contributed by atoms with Crippen LogP contribution >= 0.6 is 11.9 Å². The molecule has 3 N–H and O–H groups in total. The molecule has 1 fully saturated rings. The summed E-state index contributed by atoms with van der Waals surface area (Å²) in [6.45, 7) is 6.78. The van der Waals surface area contributed by atoms with Crippen LogP contribution in [0.3, 0.4) is 0 Å². The summed E-state index contributed by atoms with van der Waals surface area (Å²) in [7, 11) is -1.13. The summed E-state index contributed by atoms with van der Waals surface area (Å²) in [4.78, 5) is 4.58. The first kappa shape index (κ1) is 26.6. The molecule has 1 saturated carbocycles. The summed E-state index contributed by atoms with van der Waals surface area (Å²) in [6.07, 6.45) is 4.42. The molecule has 2 aromatic rings. The van der Waals surface area contributed by atoms with E-state index in [9.17, 15) is 13.0 Å². The topological polar surface area (TPSA) is 97.3 Å². The number of hydrogen-bond donors (Lipinski definition) is 3. The van der Waals surface area contributed by atoms with Crippen LogP contribution in [0.15, 0.2) is 23.4 Å². The molecule has 0 spiro atoms. The van der Waals surface area contributed by atoms with Gasteiger partial charge >= 0.3 is 216 Å². The zero-order chi connectivity index (χ0) is 25.5. The van der Waals surface area contributed by atoms with E-state index in [0.29, 0.717) is 35.5 Å². The van der Waals surface area contributed by atoms with E-state index in [4.69, 9.17) is 10.8 Å². The van der Waals surface area contributed by atoms with Gasteiger partial charge in [0, 0.05) is 0 Å². The van der Waals surface area contributed by atoms with Crippen molar-refractivity contribution in [2.45, 2.75) is 62.1 Å². The second kappa shape index (κ2) is 10.5. The zero-order valence-electron chi connectivity index (χ0n) is 19.5. The van der Waals surface area contributed by atoms with Crippen LogP contribution in [0.5, 0.6) is 0 Å². The van der Waals surface area contributed by atoms with Crippen LogP contribution in [0, 0.1) is 16.6 Å². The molecule has 7 nitrogen and oxygen atoms in total. The molecule has 1 atom stereocenters. The number of rotatable bonds is 10. The number of aromatic nitrogens is 2. The third kappa shape index (κ3) is 5.75. The Morgan fingerprint density at radius 1 is 1.34 bits per heavy atom. The van der Waals surface area contributed by atoms with Crippen molar-refractivity contribution < 1.29 is 17.4 Å². The molecule has 190 valence electrons. The normalized spacial score (nSPS) is 18.8. The third-order valence-electron chi connectivity index (χ3n) is 5.91. The molecule has 4 rings (SSSR count). The van der Waals surface area contributed by atoms with Gasteiger partial charge in [0.25, 0.3) is 0 Å². The second-order valence-corrected chi connectivity index (χ2v) is 14.1. The number of hydrogen-bond acceptors (Lipinski definition) is 6. The van der Waals surface area contributed by atoms with Crippen molar-refractivity contribution in [2.24, 2.45) is 0 Å². The van der Waals surface area contributed by atoms with Gasteiger partial charge in [0.15, 0.2) is 0 Å². The Balaban J connectivity index is 1.74. The predicted molar refractivity (Wildman–Crippen MR) is 136 cm³/mol. The molecule has 2 aromatic heterocycles. The van der Waals surface area contributed by atoms with Crippen LogP contribution in [0.25, 0.3) is 11.1 Å². The van der Waals surface area contributed by atoms with Gasteiger partial charge in [0.2, 0.25) is 0 Å². The van der Waals surface area contributed by atoms with Crippen LogP contribution < -0.4 is 4.72 Å². The Labute approximate surface area is 215 Å². The van der Waals surface area contributed by atoms with Crippen molar-refractivity contribution in [1.82, 2.24) is 18.4 Å². The van der Waals surface area contributed by atoms with Gasteiger partial charge in [-0.05, 0) is 0 Å². The van der Waals surface area contributed by atoms with Crippen molar-refractivity contribution in [1.29, 1.82) is 10.8 Å². The van der Waals surface area contributed by atoms with Gasteiger partial charge < -0.3 is 0 Å². The van der Waals surface area contributed by atoms with Crippen molar-refractivity contribution in [3.63, 3.8) is 0 Å². The van der Waals surface area contributed by atoms with Crippen molar-refractivity contribution >= 4 is 58.2 Å². The molecule has 1 aliphatic heterocycles. The van der Waals surface area contributed by atoms with Gasteiger partial charge in [-0.3, -0.25) is 0 Å². The SMILES string of the molecule is CC(C)S(=O)N1CC=C(c2c(F)c(SNC3(C)CC3)cn3c(C(=N)[Se]C(=N)C(F)F)ncc23)CC1. The van der Waals surface area contributed by atoms with E-state index in [1.807, 2.05) is 24.2 Å². The predicted octanol–water partition coefficient (Wildman–Crippen LogP) is 4.06. The van der Waals surface area contributed by atoms with Crippen molar-refractivity contribution in [2.75, 3.05) is 13.1 Å². The van der Waals surface area contributed by atoms with E-state index in [2.05, 4.69) is 16.6 Å². The summed E-state index contributed by atoms with van der Waals surface area (Å²) in [5.41, 5.74) is 1.50. The summed E-state index contributed by atoms with van der Waals surface area (Å²) in [5.74, 6) is -0.280. The van der Waals surface area contributed by atoms with Gasteiger partial charge in [-0.2, -0.15) is 0 Å². The van der Waals surface area contributed by atoms with Crippen molar-refractivity contribution in [3.05, 3.63) is 35.7 Å². The van der Waals surface area contributed by atoms with Gasteiger partial charge in [-0.15, -0.1) is 0 Å². The van der Waals surface area contributed by atoms with Gasteiger partial charge in [0.05, 0.1) is 0 Å². The number of alkyl halides is 2. The molecule has 2 aliphatic rings. The Morgan fingerprint density at radius 3 is 2.63 bits per heavy atom. The minimum atomic E-state index is -2.92. The average molecular weight is 592 g/mol. The number of halogens is 3. The summed E-state index contributed by atoms with van der Waals surface area (Å²) in [6, 6.07) is 0. The van der Waals surface area contributed by atoms with Crippen LogP contribution in [-0.4, -0.2) is 72.4 Å². The minimum absolute atomic E-state index is 0.0137. The fourth-order valence-electron chi connectivity index (χ4n) is 3.64. The van der Waals surface area contributed by atoms with Crippen LogP contribution in [0.2, 0.25) is 0 Å². The number of imidazole rings is 1. The molecular formula is C22H27F3N6OS2Se. The molecule has 1 unspecified atom stereocenters. The number of nitrogens with zero attached hydrogens (tertiary/aromatic N) is 3. The summed E-state index contributed by atoms with van der Waals surface area (Å²) >= 11 is -0.0179. The van der Waals surface area contributed by atoms with E-state index in [1.165, 1.54) is 18.1 Å². The maximum atomic E-state index is 15.9. The summed E-state index contributed by atoms with van der Waals surface area (Å²) < 4.78 is 59.9. The number of pyridine rings is 1. The quantitative estimate of drug-likeness (QED) is 0.221. The van der Waals surface area contributed by atoms with Gasteiger partial charge in [-0.25, -0.2) is 0 Å². The third-order valence-corrected chi connectivity index (χ3v) is 10.3. The maximum absolute atomic E-state index is 15.9. The molecule has 0 aromatic carbocycles. The molecule has 13 heteroatoms.